The second kappa shape index (κ2) is 8.08. The number of furan rings is 2. The van der Waals surface area contributed by atoms with Gasteiger partial charge in [0.1, 0.15) is 22.7 Å². The van der Waals surface area contributed by atoms with Gasteiger partial charge in [-0.2, -0.15) is 0 Å². The predicted octanol–water partition coefficient (Wildman–Crippen LogP) is 11.1. The summed E-state index contributed by atoms with van der Waals surface area (Å²) in [5.74, 6) is 1.75. The van der Waals surface area contributed by atoms with Crippen molar-refractivity contribution in [3.05, 3.63) is 133 Å². The average molecular weight is 511 g/mol. The standard InChI is InChI=1S/C38H22O2/c1-4-12-27-23(9-1)17-18-24-19-31-32(22-30(24)27)38(36-21-26-11-3-8-16-34(26)40-36)29-14-6-5-13-28(29)37(31)35-20-25-10-2-7-15-33(25)39-35/h1-22H. The quantitative estimate of drug-likeness (QED) is 0.171. The molecular weight excluding hydrogens is 488 g/mol. The molecule has 9 rings (SSSR count). The maximum atomic E-state index is 6.54. The van der Waals surface area contributed by atoms with E-state index in [4.69, 9.17) is 8.83 Å². The summed E-state index contributed by atoms with van der Waals surface area (Å²) in [6.07, 6.45) is 0. The van der Waals surface area contributed by atoms with Gasteiger partial charge in [-0.15, -0.1) is 0 Å². The summed E-state index contributed by atoms with van der Waals surface area (Å²) < 4.78 is 13.1. The van der Waals surface area contributed by atoms with Crippen molar-refractivity contribution in [2.45, 2.75) is 0 Å². The van der Waals surface area contributed by atoms with Gasteiger partial charge in [-0.3, -0.25) is 0 Å². The van der Waals surface area contributed by atoms with Crippen molar-refractivity contribution in [2.75, 3.05) is 0 Å². The van der Waals surface area contributed by atoms with E-state index >= 15 is 0 Å². The van der Waals surface area contributed by atoms with E-state index in [2.05, 4.69) is 109 Å². The summed E-state index contributed by atoms with van der Waals surface area (Å²) in [5.41, 5.74) is 4.00. The van der Waals surface area contributed by atoms with Crippen LogP contribution in [0.15, 0.2) is 142 Å². The molecule has 2 heterocycles. The van der Waals surface area contributed by atoms with Crippen molar-refractivity contribution in [3.63, 3.8) is 0 Å². The van der Waals surface area contributed by atoms with E-state index in [1.165, 1.54) is 21.5 Å². The summed E-state index contributed by atoms with van der Waals surface area (Å²) in [7, 11) is 0. The third-order valence-corrected chi connectivity index (χ3v) is 8.23. The molecule has 0 N–H and O–H groups in total. The van der Waals surface area contributed by atoms with Gasteiger partial charge < -0.3 is 8.83 Å². The molecule has 7 aromatic carbocycles. The van der Waals surface area contributed by atoms with Gasteiger partial charge in [0, 0.05) is 21.9 Å². The second-order valence-electron chi connectivity index (χ2n) is 10.5. The molecule has 0 saturated heterocycles. The SMILES string of the molecule is c1ccc2oc(-c3c4ccccc4c(-c4cc5ccccc5o4)c4cc5c(ccc6ccccc65)cc34)cc2c1. The van der Waals surface area contributed by atoms with Crippen LogP contribution in [0, 0.1) is 0 Å². The molecule has 0 aliphatic rings. The van der Waals surface area contributed by atoms with Crippen LogP contribution in [0.3, 0.4) is 0 Å². The van der Waals surface area contributed by atoms with Crippen LogP contribution in [0.1, 0.15) is 0 Å². The molecular formula is C38H22O2. The minimum absolute atomic E-state index is 0.873. The predicted molar refractivity (Wildman–Crippen MR) is 167 cm³/mol. The molecule has 2 nitrogen and oxygen atoms in total. The Morgan fingerprint density at radius 1 is 0.300 bits per heavy atom. The Kier molecular flexibility index (Phi) is 4.36. The van der Waals surface area contributed by atoms with Crippen molar-refractivity contribution in [2.24, 2.45) is 0 Å². The maximum Gasteiger partial charge on any atom is 0.136 e. The van der Waals surface area contributed by atoms with Gasteiger partial charge in [0.05, 0.1) is 0 Å². The minimum Gasteiger partial charge on any atom is -0.456 e. The molecule has 186 valence electrons. The van der Waals surface area contributed by atoms with Crippen LogP contribution >= 0.6 is 0 Å². The van der Waals surface area contributed by atoms with E-state index in [1.807, 2.05) is 24.3 Å². The van der Waals surface area contributed by atoms with E-state index in [9.17, 15) is 0 Å². The number of hydrogen-bond donors (Lipinski definition) is 0. The van der Waals surface area contributed by atoms with Crippen LogP contribution < -0.4 is 0 Å². The fourth-order valence-electron chi connectivity index (χ4n) is 6.42. The van der Waals surface area contributed by atoms with E-state index in [0.717, 1.165) is 66.1 Å². The van der Waals surface area contributed by atoms with Crippen LogP contribution in [0.25, 0.3) is 87.7 Å². The van der Waals surface area contributed by atoms with Gasteiger partial charge in [-0.1, -0.05) is 97.1 Å². The van der Waals surface area contributed by atoms with Gasteiger partial charge in [-0.05, 0) is 79.5 Å². The largest absolute Gasteiger partial charge is 0.456 e. The van der Waals surface area contributed by atoms with Crippen molar-refractivity contribution in [3.8, 4) is 22.6 Å². The lowest BCUT2D eigenvalue weighted by atomic mass is 9.87. The molecule has 2 aromatic heterocycles. The van der Waals surface area contributed by atoms with Gasteiger partial charge in [0.25, 0.3) is 0 Å². The highest BCUT2D eigenvalue weighted by Crippen LogP contribution is 2.47. The van der Waals surface area contributed by atoms with Gasteiger partial charge >= 0.3 is 0 Å². The second-order valence-corrected chi connectivity index (χ2v) is 10.5. The van der Waals surface area contributed by atoms with Gasteiger partial charge in [0.15, 0.2) is 0 Å². The van der Waals surface area contributed by atoms with Crippen LogP contribution in [0.2, 0.25) is 0 Å². The zero-order chi connectivity index (χ0) is 26.2. The summed E-state index contributed by atoms with van der Waals surface area (Å²) in [4.78, 5) is 0. The number of para-hydroxylation sites is 2. The first-order valence-corrected chi connectivity index (χ1v) is 13.6. The summed E-state index contributed by atoms with van der Waals surface area (Å²) in [6, 6.07) is 47.2. The Bertz CT molecular complexity index is 2370. The van der Waals surface area contributed by atoms with E-state index in [1.54, 1.807) is 0 Å². The highest BCUT2D eigenvalue weighted by Gasteiger charge is 2.22. The van der Waals surface area contributed by atoms with Crippen LogP contribution in [-0.4, -0.2) is 0 Å². The van der Waals surface area contributed by atoms with Crippen molar-refractivity contribution >= 4 is 65.0 Å². The van der Waals surface area contributed by atoms with Crippen molar-refractivity contribution < 1.29 is 8.83 Å². The summed E-state index contributed by atoms with van der Waals surface area (Å²) >= 11 is 0. The topological polar surface area (TPSA) is 26.3 Å². The normalized spacial score (nSPS) is 12.0. The van der Waals surface area contributed by atoms with Crippen molar-refractivity contribution in [1.82, 2.24) is 0 Å². The monoisotopic (exact) mass is 510 g/mol. The van der Waals surface area contributed by atoms with E-state index in [0.29, 0.717) is 0 Å². The minimum atomic E-state index is 0.873. The summed E-state index contributed by atoms with van der Waals surface area (Å²) in [5, 5.41) is 11.7. The van der Waals surface area contributed by atoms with Crippen LogP contribution in [0.4, 0.5) is 0 Å². The fourth-order valence-corrected chi connectivity index (χ4v) is 6.42. The van der Waals surface area contributed by atoms with E-state index < -0.39 is 0 Å². The Balaban J connectivity index is 1.51. The molecule has 0 fully saturated rings. The molecule has 0 radical (unpaired) electrons. The highest BCUT2D eigenvalue weighted by atomic mass is 16.3. The molecule has 0 aliphatic heterocycles. The molecule has 0 aliphatic carbocycles. The van der Waals surface area contributed by atoms with Gasteiger partial charge in [0.2, 0.25) is 0 Å². The first-order chi connectivity index (χ1) is 19.8. The zero-order valence-electron chi connectivity index (χ0n) is 21.5. The molecule has 0 bridgehead atoms. The maximum absolute atomic E-state index is 6.54. The lowest BCUT2D eigenvalue weighted by molar-refractivity contribution is 0.631. The van der Waals surface area contributed by atoms with Crippen LogP contribution in [-0.2, 0) is 0 Å². The first-order valence-electron chi connectivity index (χ1n) is 13.6. The van der Waals surface area contributed by atoms with Crippen LogP contribution in [0.5, 0.6) is 0 Å². The third kappa shape index (κ3) is 3.05. The molecule has 0 saturated carbocycles. The molecule has 0 unspecified atom stereocenters. The fraction of sp³-hybridized carbons (Fsp3) is 0. The number of hydrogen-bond acceptors (Lipinski definition) is 2. The smallest absolute Gasteiger partial charge is 0.136 e. The Morgan fingerprint density at radius 2 is 0.775 bits per heavy atom. The van der Waals surface area contributed by atoms with E-state index in [-0.39, 0.29) is 0 Å². The molecule has 0 spiro atoms. The Morgan fingerprint density at radius 3 is 1.38 bits per heavy atom. The zero-order valence-corrected chi connectivity index (χ0v) is 21.5. The highest BCUT2D eigenvalue weighted by molar-refractivity contribution is 6.25. The lowest BCUT2D eigenvalue weighted by Gasteiger charge is -2.16. The molecule has 9 aromatic rings. The molecule has 0 atom stereocenters. The van der Waals surface area contributed by atoms with Gasteiger partial charge in [-0.25, -0.2) is 0 Å². The molecule has 40 heavy (non-hydrogen) atoms. The third-order valence-electron chi connectivity index (χ3n) is 8.23. The summed E-state index contributed by atoms with van der Waals surface area (Å²) in [6.45, 7) is 0. The van der Waals surface area contributed by atoms with Crippen molar-refractivity contribution in [1.29, 1.82) is 0 Å². The molecule has 0 amide bonds. The average Bonchev–Trinajstić information content (AvgIpc) is 3.63. The first kappa shape index (κ1) is 21.6. The molecule has 2 heteroatoms. The Labute approximate surface area is 229 Å². The number of benzene rings is 7. The number of rotatable bonds is 2. The Hall–Kier alpha value is -5.34. The lowest BCUT2D eigenvalue weighted by Crippen LogP contribution is -1.90. The number of fused-ring (bicyclic) bond motifs is 7.